The minimum atomic E-state index is -3.03. The Morgan fingerprint density at radius 1 is 0.393 bits per heavy atom. The summed E-state index contributed by atoms with van der Waals surface area (Å²) in [6.07, 6.45) is -25.2. The van der Waals surface area contributed by atoms with E-state index < -0.39 is 333 Å². The molecule has 0 aliphatic carbocycles. The van der Waals surface area contributed by atoms with Crippen LogP contribution in [0.15, 0.2) is 66.7 Å². The standard InChI is InChI=1S/C68H50O44/c69-12-35(57(109-60(95)15-1-23(70)41(81)24(71)2-15)56-33(80)13-103-63(98)18-7-28(75)44(84)49(89)37(18)39-20(65(100)108-56)9-30(77)46(86)51(39)91)106-67(102)22-11-32(79)48(88)53(93)55(22)105-34-6-17(5-27(74)43(34)83)62(97)112-68-54(94)59(111-61(96)16-3-25(72)42(82)26(73)4-16)58-36(107-68)14-104-64(99)19-8-29(76)45(85)50(90)38(19)40-21(66(101)110-58)10-31(78)47(87)52(40)92/h1-12,33,35-36,54,56-59,68,70-94H,13-14H2. The van der Waals surface area contributed by atoms with Crippen molar-refractivity contribution in [2.45, 2.75) is 55.1 Å². The van der Waals surface area contributed by atoms with Crippen LogP contribution in [0.3, 0.4) is 0 Å². The fourth-order valence-corrected chi connectivity index (χ4v) is 11.4. The molecule has 0 bridgehead atoms. The smallest absolute Gasteiger partial charge is 0.343 e. The zero-order valence-electron chi connectivity index (χ0n) is 55.0. The number of rotatable bonds is 13. The highest BCUT2D eigenvalue weighted by molar-refractivity contribution is 6.10. The van der Waals surface area contributed by atoms with Crippen LogP contribution in [0, 0.1) is 0 Å². The molecule has 3 aliphatic rings. The maximum absolute atomic E-state index is 14.7. The van der Waals surface area contributed by atoms with E-state index in [1.165, 1.54) is 0 Å². The maximum Gasteiger partial charge on any atom is 0.343 e. The average molecular weight is 1570 g/mol. The van der Waals surface area contributed by atoms with E-state index in [-0.39, 0.29) is 12.1 Å². The van der Waals surface area contributed by atoms with Crippen molar-refractivity contribution in [1.29, 1.82) is 0 Å². The molecule has 8 aromatic rings. The van der Waals surface area contributed by atoms with Crippen molar-refractivity contribution in [3.8, 4) is 166 Å². The number of phenols is 23. The molecule has 0 radical (unpaired) electrons. The number of hydrogen-bond acceptors (Lipinski definition) is 44. The molecule has 0 amide bonds. The van der Waals surface area contributed by atoms with Crippen LogP contribution in [0.1, 0.15) is 82.9 Å². The van der Waals surface area contributed by atoms with E-state index in [0.29, 0.717) is 54.6 Å². The van der Waals surface area contributed by atoms with E-state index in [1.807, 2.05) is 0 Å². The monoisotopic (exact) mass is 1570 g/mol. The number of aromatic hydroxyl groups is 23. The van der Waals surface area contributed by atoms with Gasteiger partial charge in [-0.25, -0.2) is 38.4 Å². The highest BCUT2D eigenvalue weighted by Gasteiger charge is 2.54. The largest absolute Gasteiger partial charge is 0.504 e. The summed E-state index contributed by atoms with van der Waals surface area (Å²) in [6.45, 7) is -2.97. The lowest BCUT2D eigenvalue weighted by atomic mass is 9.92. The van der Waals surface area contributed by atoms with E-state index in [2.05, 4.69) is 0 Å². The van der Waals surface area contributed by atoms with Gasteiger partial charge in [0.2, 0.25) is 46.5 Å². The Morgan fingerprint density at radius 2 is 0.768 bits per heavy atom. The summed E-state index contributed by atoms with van der Waals surface area (Å²) >= 11 is 0. The molecule has 1 saturated heterocycles. The van der Waals surface area contributed by atoms with E-state index in [9.17, 15) is 171 Å². The van der Waals surface area contributed by atoms with Gasteiger partial charge in [-0.15, -0.1) is 0 Å². The summed E-state index contributed by atoms with van der Waals surface area (Å²) in [5, 5.41) is 270. The molecule has 3 aliphatic heterocycles. The molecule has 0 aromatic heterocycles. The second kappa shape index (κ2) is 29.2. The van der Waals surface area contributed by atoms with Gasteiger partial charge in [0.25, 0.3) is 0 Å². The lowest BCUT2D eigenvalue weighted by molar-refractivity contribution is -0.283. The van der Waals surface area contributed by atoms with Crippen LogP contribution < -0.4 is 4.74 Å². The summed E-state index contributed by atoms with van der Waals surface area (Å²) in [5.41, 5.74) is -14.0. The molecule has 3 heterocycles. The van der Waals surface area contributed by atoms with Gasteiger partial charge in [-0.2, -0.15) is 0 Å². The van der Waals surface area contributed by atoms with Crippen LogP contribution in [0.4, 0.5) is 0 Å². The third-order valence-corrected chi connectivity index (χ3v) is 16.9. The highest BCUT2D eigenvalue weighted by Crippen LogP contribution is 2.56. The number of phenolic OH excluding ortho intramolecular Hbond substituents is 23. The lowest BCUT2D eigenvalue weighted by Gasteiger charge is -2.42. The number of benzene rings is 8. The number of hydrogen-bond donors (Lipinski definition) is 25. The molecule has 44 heteroatoms. The number of aliphatic hydroxyl groups excluding tert-OH is 2. The van der Waals surface area contributed by atoms with Crippen LogP contribution in [0.5, 0.6) is 144 Å². The number of carbonyl (C=O) groups is 9. The Balaban J connectivity index is 0.952. The molecular formula is C68H50O44. The predicted octanol–water partition coefficient (Wildman–Crippen LogP) is 1.61. The van der Waals surface area contributed by atoms with Gasteiger partial charge in [0.15, 0.2) is 146 Å². The quantitative estimate of drug-likeness (QED) is 0.0337. The third-order valence-electron chi connectivity index (χ3n) is 16.9. The summed E-state index contributed by atoms with van der Waals surface area (Å²) < 4.78 is 54.3. The number of carbonyl (C=O) groups excluding carboxylic acids is 9. The van der Waals surface area contributed by atoms with Crippen LogP contribution in [-0.2, 0) is 47.4 Å². The second-order valence-electron chi connectivity index (χ2n) is 23.9. The van der Waals surface area contributed by atoms with E-state index in [0.717, 1.165) is 0 Å². The molecule has 0 spiro atoms. The molecule has 11 rings (SSSR count). The fourth-order valence-electron chi connectivity index (χ4n) is 11.4. The van der Waals surface area contributed by atoms with Gasteiger partial charge in [0.05, 0.1) is 38.9 Å². The number of esters is 8. The highest BCUT2D eigenvalue weighted by atomic mass is 16.7. The molecule has 586 valence electrons. The van der Waals surface area contributed by atoms with Gasteiger partial charge < -0.3 is 175 Å². The van der Waals surface area contributed by atoms with E-state index in [1.54, 1.807) is 0 Å². The summed E-state index contributed by atoms with van der Waals surface area (Å²) in [4.78, 5) is 128. The van der Waals surface area contributed by atoms with Gasteiger partial charge in [0, 0.05) is 28.3 Å². The molecule has 112 heavy (non-hydrogen) atoms. The topological polar surface area (TPSA) is 752 Å². The van der Waals surface area contributed by atoms with Crippen molar-refractivity contribution in [2.75, 3.05) is 13.2 Å². The van der Waals surface area contributed by atoms with E-state index in [4.69, 9.17) is 47.4 Å². The molecule has 9 unspecified atom stereocenters. The molecule has 9 atom stereocenters. The zero-order valence-corrected chi connectivity index (χ0v) is 55.0. The number of cyclic esters (lactones) is 3. The first-order valence-corrected chi connectivity index (χ1v) is 30.9. The minimum Gasteiger partial charge on any atom is -0.504 e. The van der Waals surface area contributed by atoms with Crippen molar-refractivity contribution < 1.29 is 218 Å². The number of ether oxygens (including phenoxy) is 10. The van der Waals surface area contributed by atoms with Crippen LogP contribution in [0.2, 0.25) is 0 Å². The predicted molar refractivity (Wildman–Crippen MR) is 347 cm³/mol. The lowest BCUT2D eigenvalue weighted by Crippen LogP contribution is -2.62. The van der Waals surface area contributed by atoms with Gasteiger partial charge >= 0.3 is 47.8 Å². The first kappa shape index (κ1) is 77.4. The molecule has 8 aromatic carbocycles. The molecule has 44 nitrogen and oxygen atoms in total. The van der Waals surface area contributed by atoms with Crippen LogP contribution in [-0.4, -0.2) is 250 Å². The summed E-state index contributed by atoms with van der Waals surface area (Å²) in [6, 6.07) is 3.84. The first-order valence-electron chi connectivity index (χ1n) is 30.9. The van der Waals surface area contributed by atoms with Crippen molar-refractivity contribution in [3.63, 3.8) is 0 Å². The average Bonchev–Trinajstić information content (AvgIpc) is 1.07. The van der Waals surface area contributed by atoms with Gasteiger partial charge in [0.1, 0.15) is 31.0 Å². The van der Waals surface area contributed by atoms with Crippen molar-refractivity contribution in [2.24, 2.45) is 0 Å². The van der Waals surface area contributed by atoms with Crippen molar-refractivity contribution >= 4 is 54.0 Å². The normalized spacial score (nSPS) is 18.6. The molecule has 1 fully saturated rings. The Labute approximate surface area is 616 Å². The Morgan fingerprint density at radius 3 is 1.22 bits per heavy atom. The third kappa shape index (κ3) is 13.7. The van der Waals surface area contributed by atoms with Gasteiger partial charge in [-0.1, -0.05) is 0 Å². The minimum absolute atomic E-state index is 0.136. The Hall–Kier alpha value is -15.7. The molecule has 25 N–H and O–H groups in total. The van der Waals surface area contributed by atoms with E-state index >= 15 is 0 Å². The summed E-state index contributed by atoms with van der Waals surface area (Å²) in [7, 11) is 0. The number of fused-ring (bicyclic) bond motifs is 7. The van der Waals surface area contributed by atoms with Gasteiger partial charge in [-0.05, 0) is 60.7 Å². The van der Waals surface area contributed by atoms with Crippen molar-refractivity contribution in [3.05, 3.63) is 111 Å². The first-order chi connectivity index (χ1) is 52.6. The second-order valence-corrected chi connectivity index (χ2v) is 23.9. The number of aldehydes is 1. The van der Waals surface area contributed by atoms with Crippen LogP contribution >= 0.6 is 0 Å². The van der Waals surface area contributed by atoms with Crippen LogP contribution in [0.25, 0.3) is 22.3 Å². The maximum atomic E-state index is 14.7. The SMILES string of the molecule is O=CC(OC(=O)c1cc(O)c(O)c(O)c1Oc1cc(C(=O)OC2OC3COC(=O)c4cc(O)c(O)c(O)c4-c4c(cc(O)c(O)c4O)C(=O)OC3C(OC(=O)c3cc(O)c(O)c(O)c3)C2O)cc(O)c1O)C(OC(=O)c1cc(O)c(O)c(O)c1)C1OC(=O)c2cc(O)c(O)c(O)c2-c2c(cc(O)c(O)c2O)C(=O)OCC1O. The zero-order chi connectivity index (χ0) is 82.1. The summed E-state index contributed by atoms with van der Waals surface area (Å²) in [5.74, 6) is -51.0. The molecular weight excluding hydrogens is 1520 g/mol. The van der Waals surface area contributed by atoms with Crippen molar-refractivity contribution in [1.82, 2.24) is 0 Å². The Kier molecular flexibility index (Phi) is 20.2. The Bertz CT molecular complexity index is 5320. The van der Waals surface area contributed by atoms with Gasteiger partial charge in [-0.3, -0.25) is 4.79 Å². The fraction of sp³-hybridized carbons (Fsp3) is 0.162. The molecule has 0 saturated carbocycles. The number of aliphatic hydroxyl groups is 2.